The van der Waals surface area contributed by atoms with Crippen molar-refractivity contribution >= 4 is 23.4 Å². The predicted octanol–water partition coefficient (Wildman–Crippen LogP) is 3.99. The maximum Gasteiger partial charge on any atom is 0.224 e. The van der Waals surface area contributed by atoms with E-state index in [1.54, 1.807) is 12.1 Å². The first-order valence-electron chi connectivity index (χ1n) is 6.74. The lowest BCUT2D eigenvalue weighted by Crippen LogP contribution is -2.12. The van der Waals surface area contributed by atoms with Gasteiger partial charge in [0.2, 0.25) is 5.91 Å². The zero-order chi connectivity index (χ0) is 15.1. The van der Waals surface area contributed by atoms with Crippen molar-refractivity contribution < 1.29 is 9.21 Å². The van der Waals surface area contributed by atoms with Crippen LogP contribution in [0.5, 0.6) is 0 Å². The van der Waals surface area contributed by atoms with Crippen molar-refractivity contribution in [1.82, 2.24) is 0 Å². The van der Waals surface area contributed by atoms with E-state index in [-0.39, 0.29) is 5.91 Å². The number of anilines is 1. The highest BCUT2D eigenvalue weighted by molar-refractivity contribution is 8.03. The first-order chi connectivity index (χ1) is 10.2. The topological polar surface area (TPSA) is 66.0 Å². The minimum atomic E-state index is -0.0508. The van der Waals surface area contributed by atoms with Gasteiger partial charge in [-0.3, -0.25) is 4.79 Å². The number of nitrogens with one attached hydrogen (secondary N) is 1. The van der Waals surface area contributed by atoms with E-state index < -0.39 is 0 Å². The summed E-state index contributed by atoms with van der Waals surface area (Å²) in [5.41, 5.74) is 0.732. The Bertz CT molecular complexity index is 641. The molecule has 5 heteroatoms. The quantitative estimate of drug-likeness (QED) is 0.647. The monoisotopic (exact) mass is 300 g/mol. The Hall–Kier alpha value is -2.19. The standard InChI is InChI=1S/C16H16N2O2S/c1-2-13-5-6-14(20-13)7-10-16(19)18-12-3-8-15(9-4-12)21-11-17/h3-6,8-9H,2,7,10H2,1H3,(H,18,19). The number of hydrogen-bond acceptors (Lipinski definition) is 4. The van der Waals surface area contributed by atoms with Gasteiger partial charge in [-0.15, -0.1) is 0 Å². The van der Waals surface area contributed by atoms with Crippen LogP contribution in [-0.2, 0) is 17.6 Å². The minimum Gasteiger partial charge on any atom is -0.466 e. The molecule has 0 saturated carbocycles. The number of thioether (sulfide) groups is 1. The zero-order valence-electron chi connectivity index (χ0n) is 11.8. The molecule has 2 rings (SSSR count). The van der Waals surface area contributed by atoms with E-state index in [0.29, 0.717) is 12.8 Å². The summed E-state index contributed by atoms with van der Waals surface area (Å²) in [5, 5.41) is 13.4. The lowest BCUT2D eigenvalue weighted by Gasteiger charge is -2.05. The van der Waals surface area contributed by atoms with Gasteiger partial charge in [-0.2, -0.15) is 5.26 Å². The Kier molecular flexibility index (Phi) is 5.47. The van der Waals surface area contributed by atoms with E-state index in [4.69, 9.17) is 9.68 Å². The first-order valence-corrected chi connectivity index (χ1v) is 7.56. The number of thiocyanates is 1. The number of hydrogen-bond donors (Lipinski definition) is 1. The number of carbonyl (C=O) groups is 1. The molecule has 108 valence electrons. The van der Waals surface area contributed by atoms with Gasteiger partial charge in [-0.1, -0.05) is 6.92 Å². The van der Waals surface area contributed by atoms with Gasteiger partial charge < -0.3 is 9.73 Å². The van der Waals surface area contributed by atoms with E-state index in [1.165, 1.54) is 0 Å². The van der Waals surface area contributed by atoms with E-state index in [2.05, 4.69) is 5.32 Å². The lowest BCUT2D eigenvalue weighted by molar-refractivity contribution is -0.116. The fraction of sp³-hybridized carbons (Fsp3) is 0.250. The summed E-state index contributed by atoms with van der Waals surface area (Å²) in [5.74, 6) is 1.73. The molecular weight excluding hydrogens is 284 g/mol. The molecule has 1 heterocycles. The Morgan fingerprint density at radius 1 is 1.24 bits per heavy atom. The fourth-order valence-corrected chi connectivity index (χ4v) is 2.24. The van der Waals surface area contributed by atoms with Crippen LogP contribution in [0, 0.1) is 10.7 Å². The zero-order valence-corrected chi connectivity index (χ0v) is 12.6. The van der Waals surface area contributed by atoms with Crippen LogP contribution in [0.4, 0.5) is 5.69 Å². The number of furan rings is 1. The molecule has 0 unspecified atom stereocenters. The van der Waals surface area contributed by atoms with Gasteiger partial charge in [0.05, 0.1) is 0 Å². The second-order valence-corrected chi connectivity index (χ2v) is 5.35. The van der Waals surface area contributed by atoms with Crippen LogP contribution < -0.4 is 5.32 Å². The highest BCUT2D eigenvalue weighted by Gasteiger charge is 2.06. The number of rotatable bonds is 6. The molecule has 0 radical (unpaired) electrons. The molecule has 0 aliphatic carbocycles. The third-order valence-corrected chi connectivity index (χ3v) is 3.56. The molecule has 2 aromatic rings. The summed E-state index contributed by atoms with van der Waals surface area (Å²) in [7, 11) is 0. The van der Waals surface area contributed by atoms with Crippen LogP contribution in [-0.4, -0.2) is 5.91 Å². The molecule has 1 aromatic carbocycles. The highest BCUT2D eigenvalue weighted by Crippen LogP contribution is 2.19. The van der Waals surface area contributed by atoms with E-state index in [0.717, 1.165) is 40.3 Å². The number of nitriles is 1. The number of carbonyl (C=O) groups excluding carboxylic acids is 1. The molecule has 0 fully saturated rings. The number of aryl methyl sites for hydroxylation is 2. The molecule has 4 nitrogen and oxygen atoms in total. The Labute approximate surface area is 128 Å². The molecule has 1 aromatic heterocycles. The second-order valence-electron chi connectivity index (χ2n) is 4.49. The SMILES string of the molecule is CCc1ccc(CCC(=O)Nc2ccc(SC#N)cc2)o1. The number of amides is 1. The van der Waals surface area contributed by atoms with Crippen LogP contribution in [0.2, 0.25) is 0 Å². The molecule has 0 atom stereocenters. The smallest absolute Gasteiger partial charge is 0.224 e. The van der Waals surface area contributed by atoms with Crippen LogP contribution in [0.15, 0.2) is 45.7 Å². The van der Waals surface area contributed by atoms with E-state index in [1.807, 2.05) is 36.6 Å². The van der Waals surface area contributed by atoms with Crippen molar-refractivity contribution in [3.05, 3.63) is 47.9 Å². The number of benzene rings is 1. The van der Waals surface area contributed by atoms with Gasteiger partial charge in [0.15, 0.2) is 0 Å². The molecule has 0 aliphatic rings. The lowest BCUT2D eigenvalue weighted by atomic mass is 10.2. The van der Waals surface area contributed by atoms with Gasteiger partial charge in [0, 0.05) is 29.8 Å². The summed E-state index contributed by atoms with van der Waals surface area (Å²) in [6, 6.07) is 11.1. The highest BCUT2D eigenvalue weighted by atomic mass is 32.2. The van der Waals surface area contributed by atoms with Crippen molar-refractivity contribution in [3.8, 4) is 5.40 Å². The van der Waals surface area contributed by atoms with Crippen LogP contribution in [0.1, 0.15) is 24.9 Å². The molecule has 0 bridgehead atoms. The molecule has 21 heavy (non-hydrogen) atoms. The minimum absolute atomic E-state index is 0.0508. The van der Waals surface area contributed by atoms with Crippen molar-refractivity contribution in [2.45, 2.75) is 31.1 Å². The van der Waals surface area contributed by atoms with Gasteiger partial charge in [-0.25, -0.2) is 0 Å². The Morgan fingerprint density at radius 2 is 1.95 bits per heavy atom. The molecule has 0 saturated heterocycles. The largest absolute Gasteiger partial charge is 0.466 e. The Morgan fingerprint density at radius 3 is 2.57 bits per heavy atom. The van der Waals surface area contributed by atoms with E-state index in [9.17, 15) is 4.79 Å². The number of nitrogens with zero attached hydrogens (tertiary/aromatic N) is 1. The first kappa shape index (κ1) is 15.2. The van der Waals surface area contributed by atoms with E-state index >= 15 is 0 Å². The summed E-state index contributed by atoms with van der Waals surface area (Å²) >= 11 is 1.10. The average molecular weight is 300 g/mol. The van der Waals surface area contributed by atoms with Gasteiger partial charge in [-0.05, 0) is 48.2 Å². The summed E-state index contributed by atoms with van der Waals surface area (Å²) < 4.78 is 5.56. The van der Waals surface area contributed by atoms with Gasteiger partial charge >= 0.3 is 0 Å². The summed E-state index contributed by atoms with van der Waals surface area (Å²) in [6.07, 6.45) is 1.83. The van der Waals surface area contributed by atoms with Crippen molar-refractivity contribution in [1.29, 1.82) is 5.26 Å². The van der Waals surface area contributed by atoms with Crippen molar-refractivity contribution in [2.75, 3.05) is 5.32 Å². The van der Waals surface area contributed by atoms with Crippen LogP contribution >= 0.6 is 11.8 Å². The summed E-state index contributed by atoms with van der Waals surface area (Å²) in [6.45, 7) is 2.03. The molecular formula is C16H16N2O2S. The molecule has 0 spiro atoms. The fourth-order valence-electron chi connectivity index (χ4n) is 1.87. The second kappa shape index (κ2) is 7.55. The van der Waals surface area contributed by atoms with Crippen LogP contribution in [0.25, 0.3) is 0 Å². The Balaban J connectivity index is 1.82. The average Bonchev–Trinajstić information content (AvgIpc) is 2.96. The van der Waals surface area contributed by atoms with Crippen LogP contribution in [0.3, 0.4) is 0 Å². The van der Waals surface area contributed by atoms with Crippen molar-refractivity contribution in [2.24, 2.45) is 0 Å². The van der Waals surface area contributed by atoms with Gasteiger partial charge in [0.1, 0.15) is 16.9 Å². The molecule has 0 aliphatic heterocycles. The maximum atomic E-state index is 11.9. The molecule has 1 N–H and O–H groups in total. The van der Waals surface area contributed by atoms with Gasteiger partial charge in [0.25, 0.3) is 0 Å². The normalized spacial score (nSPS) is 10.1. The molecule has 1 amide bonds. The third kappa shape index (κ3) is 4.69. The maximum absolute atomic E-state index is 11.9. The predicted molar refractivity (Wildman–Crippen MR) is 82.9 cm³/mol. The summed E-state index contributed by atoms with van der Waals surface area (Å²) in [4.78, 5) is 12.7. The van der Waals surface area contributed by atoms with Crippen molar-refractivity contribution in [3.63, 3.8) is 0 Å². The third-order valence-electron chi connectivity index (χ3n) is 2.97.